The second-order valence-electron chi connectivity index (χ2n) is 6.49. The van der Waals surface area contributed by atoms with Crippen LogP contribution in [0.25, 0.3) is 0 Å². The summed E-state index contributed by atoms with van der Waals surface area (Å²) < 4.78 is 10.8. The molecule has 2 aliphatic rings. The second kappa shape index (κ2) is 7.79. The summed E-state index contributed by atoms with van der Waals surface area (Å²) in [6.45, 7) is 4.95. The molecule has 1 aromatic rings. The highest BCUT2D eigenvalue weighted by molar-refractivity contribution is 5.79. The van der Waals surface area contributed by atoms with Gasteiger partial charge in [-0.2, -0.15) is 4.98 Å². The summed E-state index contributed by atoms with van der Waals surface area (Å²) in [4.78, 5) is 23.3. The Morgan fingerprint density at radius 2 is 2.17 bits per heavy atom. The van der Waals surface area contributed by atoms with Crippen molar-refractivity contribution < 1.29 is 14.3 Å². The Labute approximate surface area is 142 Å². The number of aryl methyl sites for hydroxylation is 1. The maximum absolute atomic E-state index is 12.3. The van der Waals surface area contributed by atoms with Crippen molar-refractivity contribution >= 4 is 11.9 Å². The van der Waals surface area contributed by atoms with E-state index >= 15 is 0 Å². The number of carbonyl (C=O) groups is 1. The number of nitrogens with one attached hydrogen (secondary N) is 1. The number of anilines is 1. The van der Waals surface area contributed by atoms with Crippen molar-refractivity contribution in [3.05, 3.63) is 11.8 Å². The van der Waals surface area contributed by atoms with E-state index in [1.807, 2.05) is 13.0 Å². The molecular formula is C17H26N4O3. The average molecular weight is 334 g/mol. The number of nitrogens with zero attached hydrogens (tertiary/aromatic N) is 3. The lowest BCUT2D eigenvalue weighted by Crippen LogP contribution is -2.42. The first-order chi connectivity index (χ1) is 11.7. The molecular weight excluding hydrogens is 308 g/mol. The second-order valence-corrected chi connectivity index (χ2v) is 6.49. The minimum absolute atomic E-state index is 0.0642. The zero-order chi connectivity index (χ0) is 16.9. The van der Waals surface area contributed by atoms with Crippen LogP contribution in [0.1, 0.15) is 31.4 Å². The van der Waals surface area contributed by atoms with Gasteiger partial charge in [0.2, 0.25) is 17.7 Å². The predicted molar refractivity (Wildman–Crippen MR) is 90.2 cm³/mol. The molecule has 0 aromatic carbocycles. The molecule has 2 saturated heterocycles. The highest BCUT2D eigenvalue weighted by atomic mass is 16.5. The van der Waals surface area contributed by atoms with E-state index in [9.17, 15) is 4.79 Å². The van der Waals surface area contributed by atoms with Crippen molar-refractivity contribution in [1.29, 1.82) is 0 Å². The van der Waals surface area contributed by atoms with E-state index in [1.54, 1.807) is 7.11 Å². The number of rotatable bonds is 5. The fourth-order valence-corrected chi connectivity index (χ4v) is 3.28. The summed E-state index contributed by atoms with van der Waals surface area (Å²) in [5, 5.41) is 3.04. The molecule has 1 N–H and O–H groups in total. The van der Waals surface area contributed by atoms with Gasteiger partial charge in [-0.05, 0) is 32.6 Å². The average Bonchev–Trinajstić information content (AvgIpc) is 3.12. The van der Waals surface area contributed by atoms with Gasteiger partial charge in [0.05, 0.1) is 13.2 Å². The highest BCUT2D eigenvalue weighted by Gasteiger charge is 2.27. The number of methoxy groups -OCH3 is 1. The van der Waals surface area contributed by atoms with E-state index in [0.29, 0.717) is 18.4 Å². The minimum Gasteiger partial charge on any atom is -0.481 e. The van der Waals surface area contributed by atoms with Crippen LogP contribution in [0.5, 0.6) is 5.88 Å². The molecule has 0 aliphatic carbocycles. The third-order valence-corrected chi connectivity index (χ3v) is 4.70. The fourth-order valence-electron chi connectivity index (χ4n) is 3.28. The number of aromatic nitrogens is 2. The van der Waals surface area contributed by atoms with Gasteiger partial charge in [0.25, 0.3) is 0 Å². The van der Waals surface area contributed by atoms with Crippen LogP contribution in [0.4, 0.5) is 5.95 Å². The van der Waals surface area contributed by atoms with E-state index in [-0.39, 0.29) is 17.9 Å². The zero-order valence-electron chi connectivity index (χ0n) is 14.5. The van der Waals surface area contributed by atoms with Gasteiger partial charge in [-0.1, -0.05) is 0 Å². The standard InChI is InChI=1S/C17H26N4O3/c1-12-10-15(23-2)20-17(19-12)21-7-5-13(6-8-21)16(22)18-11-14-4-3-9-24-14/h10,13-14H,3-9,11H2,1-2H3,(H,18,22)/t14-/m0/s1. The number of ether oxygens (including phenoxy) is 2. The molecule has 0 bridgehead atoms. The molecule has 24 heavy (non-hydrogen) atoms. The topological polar surface area (TPSA) is 76.6 Å². The van der Waals surface area contributed by atoms with Crippen molar-refractivity contribution in [1.82, 2.24) is 15.3 Å². The number of hydrogen-bond acceptors (Lipinski definition) is 6. The van der Waals surface area contributed by atoms with Gasteiger partial charge < -0.3 is 19.7 Å². The summed E-state index contributed by atoms with van der Waals surface area (Å²) in [7, 11) is 1.61. The SMILES string of the molecule is COc1cc(C)nc(N2CCC(C(=O)NC[C@@H]3CCCO3)CC2)n1. The van der Waals surface area contributed by atoms with E-state index in [4.69, 9.17) is 9.47 Å². The minimum atomic E-state index is 0.0642. The van der Waals surface area contributed by atoms with Crippen molar-refractivity contribution in [2.45, 2.75) is 38.7 Å². The normalized spacial score (nSPS) is 21.8. The molecule has 0 saturated carbocycles. The summed E-state index contributed by atoms with van der Waals surface area (Å²) in [5.74, 6) is 1.47. The van der Waals surface area contributed by atoms with Crippen LogP contribution in [-0.4, -0.2) is 55.3 Å². The largest absolute Gasteiger partial charge is 0.481 e. The lowest BCUT2D eigenvalue weighted by molar-refractivity contribution is -0.126. The van der Waals surface area contributed by atoms with Crippen LogP contribution >= 0.6 is 0 Å². The summed E-state index contributed by atoms with van der Waals surface area (Å²) >= 11 is 0. The van der Waals surface area contributed by atoms with E-state index in [0.717, 1.165) is 51.1 Å². The molecule has 2 aliphatic heterocycles. The van der Waals surface area contributed by atoms with E-state index < -0.39 is 0 Å². The lowest BCUT2D eigenvalue weighted by atomic mass is 9.96. The van der Waals surface area contributed by atoms with Gasteiger partial charge >= 0.3 is 0 Å². The van der Waals surface area contributed by atoms with Gasteiger partial charge in [0.15, 0.2) is 0 Å². The molecule has 1 atom stereocenters. The Bertz CT molecular complexity index is 567. The Balaban J connectivity index is 1.49. The summed E-state index contributed by atoms with van der Waals surface area (Å²) in [6, 6.07) is 1.81. The van der Waals surface area contributed by atoms with Gasteiger partial charge in [-0.25, -0.2) is 4.98 Å². The van der Waals surface area contributed by atoms with Crippen LogP contribution in [0.3, 0.4) is 0 Å². The fraction of sp³-hybridized carbons (Fsp3) is 0.706. The monoisotopic (exact) mass is 334 g/mol. The lowest BCUT2D eigenvalue weighted by Gasteiger charge is -2.31. The van der Waals surface area contributed by atoms with Gasteiger partial charge in [0.1, 0.15) is 0 Å². The van der Waals surface area contributed by atoms with Crippen molar-refractivity contribution in [2.75, 3.05) is 38.3 Å². The summed E-state index contributed by atoms with van der Waals surface area (Å²) in [6.07, 6.45) is 3.97. The third-order valence-electron chi connectivity index (χ3n) is 4.70. The molecule has 1 aromatic heterocycles. The number of hydrogen-bond donors (Lipinski definition) is 1. The Kier molecular flexibility index (Phi) is 5.50. The van der Waals surface area contributed by atoms with Crippen LogP contribution < -0.4 is 15.0 Å². The van der Waals surface area contributed by atoms with Crippen molar-refractivity contribution in [3.63, 3.8) is 0 Å². The number of carbonyl (C=O) groups excluding carboxylic acids is 1. The number of piperidine rings is 1. The molecule has 132 valence electrons. The Morgan fingerprint density at radius 3 is 2.83 bits per heavy atom. The van der Waals surface area contributed by atoms with E-state index in [1.165, 1.54) is 0 Å². The molecule has 0 spiro atoms. The van der Waals surface area contributed by atoms with Crippen molar-refractivity contribution in [2.24, 2.45) is 5.92 Å². The highest BCUT2D eigenvalue weighted by Crippen LogP contribution is 2.23. The van der Waals surface area contributed by atoms with Gasteiger partial charge in [0, 0.05) is 43.9 Å². The molecule has 1 amide bonds. The first kappa shape index (κ1) is 17.0. The predicted octanol–water partition coefficient (Wildman–Crippen LogP) is 1.31. The van der Waals surface area contributed by atoms with Crippen LogP contribution in [-0.2, 0) is 9.53 Å². The molecule has 2 fully saturated rings. The van der Waals surface area contributed by atoms with Crippen LogP contribution in [0.15, 0.2) is 6.07 Å². The molecule has 7 nitrogen and oxygen atoms in total. The first-order valence-corrected chi connectivity index (χ1v) is 8.69. The maximum Gasteiger partial charge on any atom is 0.228 e. The smallest absolute Gasteiger partial charge is 0.228 e. The van der Waals surface area contributed by atoms with Crippen LogP contribution in [0.2, 0.25) is 0 Å². The van der Waals surface area contributed by atoms with Crippen molar-refractivity contribution in [3.8, 4) is 5.88 Å². The maximum atomic E-state index is 12.3. The Hall–Kier alpha value is -1.89. The quantitative estimate of drug-likeness (QED) is 0.875. The molecule has 7 heteroatoms. The molecule has 0 radical (unpaired) electrons. The molecule has 0 unspecified atom stereocenters. The van der Waals surface area contributed by atoms with Gasteiger partial charge in [-0.15, -0.1) is 0 Å². The zero-order valence-corrected chi connectivity index (χ0v) is 14.5. The third kappa shape index (κ3) is 4.14. The van der Waals surface area contributed by atoms with E-state index in [2.05, 4.69) is 20.2 Å². The molecule has 3 heterocycles. The number of amides is 1. The Morgan fingerprint density at radius 1 is 1.38 bits per heavy atom. The van der Waals surface area contributed by atoms with Crippen LogP contribution in [0, 0.1) is 12.8 Å². The summed E-state index contributed by atoms with van der Waals surface area (Å²) in [5.41, 5.74) is 0.883. The molecule has 3 rings (SSSR count). The van der Waals surface area contributed by atoms with Gasteiger partial charge in [-0.3, -0.25) is 4.79 Å². The first-order valence-electron chi connectivity index (χ1n) is 8.69.